The number of ether oxygens (including phenoxy) is 1. The first-order chi connectivity index (χ1) is 9.13. The second-order valence-electron chi connectivity index (χ2n) is 4.05. The molecule has 104 valence electrons. The van der Waals surface area contributed by atoms with Crippen molar-refractivity contribution >= 4 is 21.6 Å². The maximum Gasteiger partial charge on any atom is 0.283 e. The Labute approximate surface area is 121 Å². The number of nitrogens with zero attached hydrogens (tertiary/aromatic N) is 2. The van der Waals surface area contributed by atoms with E-state index in [0.717, 1.165) is 12.8 Å². The molecule has 1 rings (SSSR count). The van der Waals surface area contributed by atoms with Crippen LogP contribution < -0.4 is 10.9 Å². The van der Waals surface area contributed by atoms with Gasteiger partial charge in [-0.15, -0.1) is 6.42 Å². The third-order valence-electron chi connectivity index (χ3n) is 2.60. The Balaban J connectivity index is 2.90. The third-order valence-corrected chi connectivity index (χ3v) is 3.37. The predicted octanol–water partition coefficient (Wildman–Crippen LogP) is 1.87. The summed E-state index contributed by atoms with van der Waals surface area (Å²) in [5.74, 6) is 2.66. The molecular formula is C13H18BrN3O2. The lowest BCUT2D eigenvalue weighted by atomic mass is 10.2. The molecular weight excluding hydrogens is 310 g/mol. The van der Waals surface area contributed by atoms with Crippen LogP contribution in [-0.4, -0.2) is 29.5 Å². The second-order valence-corrected chi connectivity index (χ2v) is 4.84. The zero-order valence-corrected chi connectivity index (χ0v) is 12.7. The number of aromatic nitrogens is 2. The summed E-state index contributed by atoms with van der Waals surface area (Å²) in [6, 6.07) is -0.0997. The van der Waals surface area contributed by atoms with Gasteiger partial charge in [-0.2, -0.15) is 5.10 Å². The van der Waals surface area contributed by atoms with E-state index in [9.17, 15) is 4.79 Å². The number of terminal acetylenes is 1. The number of hydrogen-bond donors (Lipinski definition) is 1. The lowest BCUT2D eigenvalue weighted by Gasteiger charge is -2.15. The molecule has 1 N–H and O–H groups in total. The topological polar surface area (TPSA) is 56.1 Å². The normalized spacial score (nSPS) is 11.9. The summed E-state index contributed by atoms with van der Waals surface area (Å²) < 4.78 is 6.72. The monoisotopic (exact) mass is 327 g/mol. The van der Waals surface area contributed by atoms with Crippen LogP contribution in [0.3, 0.4) is 0 Å². The van der Waals surface area contributed by atoms with E-state index < -0.39 is 0 Å². The summed E-state index contributed by atoms with van der Waals surface area (Å²) >= 11 is 3.29. The fourth-order valence-corrected chi connectivity index (χ4v) is 2.00. The Bertz CT molecular complexity index is 508. The van der Waals surface area contributed by atoms with Gasteiger partial charge in [0.1, 0.15) is 4.47 Å². The third kappa shape index (κ3) is 4.37. The van der Waals surface area contributed by atoms with Crippen LogP contribution >= 0.6 is 15.9 Å². The smallest absolute Gasteiger partial charge is 0.283 e. The molecule has 0 radical (unpaired) electrons. The van der Waals surface area contributed by atoms with E-state index in [4.69, 9.17) is 11.2 Å². The van der Waals surface area contributed by atoms with Gasteiger partial charge < -0.3 is 10.1 Å². The van der Waals surface area contributed by atoms with Gasteiger partial charge >= 0.3 is 0 Å². The van der Waals surface area contributed by atoms with Crippen molar-refractivity contribution in [2.75, 3.05) is 19.0 Å². The van der Waals surface area contributed by atoms with E-state index in [0.29, 0.717) is 23.3 Å². The van der Waals surface area contributed by atoms with Crippen LogP contribution in [0.5, 0.6) is 0 Å². The molecule has 1 unspecified atom stereocenters. The van der Waals surface area contributed by atoms with Crippen molar-refractivity contribution in [2.45, 2.75) is 32.4 Å². The predicted molar refractivity (Wildman–Crippen MR) is 79.2 cm³/mol. The Morgan fingerprint density at radius 1 is 1.68 bits per heavy atom. The van der Waals surface area contributed by atoms with Gasteiger partial charge in [0.05, 0.1) is 31.1 Å². The van der Waals surface area contributed by atoms with Gasteiger partial charge in [0.2, 0.25) is 0 Å². The summed E-state index contributed by atoms with van der Waals surface area (Å²) in [5.41, 5.74) is 0.421. The standard InChI is InChI=1S/C13H18BrN3O2/c1-4-6-10(5-2)16-11-9-15-17(7-8-19-3)13(18)12(11)14/h2,9-10,16H,4,6-8H2,1,3H3. The maximum atomic E-state index is 12.0. The van der Waals surface area contributed by atoms with Gasteiger partial charge in [0.25, 0.3) is 5.56 Å². The summed E-state index contributed by atoms with van der Waals surface area (Å²) in [5, 5.41) is 7.22. The lowest BCUT2D eigenvalue weighted by molar-refractivity contribution is 0.181. The fraction of sp³-hybridized carbons (Fsp3) is 0.538. The molecule has 0 fully saturated rings. The molecule has 0 aliphatic carbocycles. The molecule has 1 aromatic rings. The molecule has 1 heterocycles. The molecule has 5 nitrogen and oxygen atoms in total. The van der Waals surface area contributed by atoms with Crippen molar-refractivity contribution in [3.05, 3.63) is 21.0 Å². The Morgan fingerprint density at radius 2 is 2.42 bits per heavy atom. The largest absolute Gasteiger partial charge is 0.383 e. The first-order valence-corrected chi connectivity index (χ1v) is 6.90. The van der Waals surface area contributed by atoms with Gasteiger partial charge in [0.15, 0.2) is 0 Å². The van der Waals surface area contributed by atoms with Crippen molar-refractivity contribution in [2.24, 2.45) is 0 Å². The highest BCUT2D eigenvalue weighted by Gasteiger charge is 2.11. The van der Waals surface area contributed by atoms with Gasteiger partial charge in [-0.3, -0.25) is 4.79 Å². The Kier molecular flexibility index (Phi) is 6.60. The van der Waals surface area contributed by atoms with Crippen molar-refractivity contribution in [1.29, 1.82) is 0 Å². The van der Waals surface area contributed by atoms with Crippen LogP contribution in [0.25, 0.3) is 0 Å². The summed E-state index contributed by atoms with van der Waals surface area (Å²) in [6.07, 6.45) is 8.85. The van der Waals surface area contributed by atoms with Crippen LogP contribution in [0, 0.1) is 12.3 Å². The zero-order valence-electron chi connectivity index (χ0n) is 11.1. The molecule has 0 spiro atoms. The second kappa shape index (κ2) is 7.97. The lowest BCUT2D eigenvalue weighted by Crippen LogP contribution is -2.27. The van der Waals surface area contributed by atoms with Gasteiger partial charge in [-0.25, -0.2) is 4.68 Å². The van der Waals surface area contributed by atoms with E-state index in [1.54, 1.807) is 13.3 Å². The van der Waals surface area contributed by atoms with Crippen molar-refractivity contribution in [3.63, 3.8) is 0 Å². The van der Waals surface area contributed by atoms with Gasteiger partial charge in [0, 0.05) is 7.11 Å². The van der Waals surface area contributed by atoms with E-state index in [1.807, 2.05) is 0 Å². The van der Waals surface area contributed by atoms with Gasteiger partial charge in [-0.1, -0.05) is 19.3 Å². The molecule has 0 saturated heterocycles. The molecule has 0 aliphatic heterocycles. The molecule has 0 amide bonds. The number of anilines is 1. The highest BCUT2D eigenvalue weighted by atomic mass is 79.9. The van der Waals surface area contributed by atoms with Crippen LogP contribution in [0.4, 0.5) is 5.69 Å². The molecule has 1 aromatic heterocycles. The number of hydrogen-bond acceptors (Lipinski definition) is 4. The summed E-state index contributed by atoms with van der Waals surface area (Å²) in [7, 11) is 1.58. The first-order valence-electron chi connectivity index (χ1n) is 6.11. The van der Waals surface area contributed by atoms with Crippen LogP contribution in [0.1, 0.15) is 19.8 Å². The van der Waals surface area contributed by atoms with Crippen LogP contribution in [0.2, 0.25) is 0 Å². The van der Waals surface area contributed by atoms with E-state index in [1.165, 1.54) is 4.68 Å². The fourth-order valence-electron chi connectivity index (χ4n) is 1.58. The zero-order chi connectivity index (χ0) is 14.3. The molecule has 0 aromatic carbocycles. The molecule has 1 atom stereocenters. The summed E-state index contributed by atoms with van der Waals surface area (Å²) in [6.45, 7) is 2.92. The highest BCUT2D eigenvalue weighted by Crippen LogP contribution is 2.18. The molecule has 19 heavy (non-hydrogen) atoms. The van der Waals surface area contributed by atoms with E-state index in [2.05, 4.69) is 39.2 Å². The van der Waals surface area contributed by atoms with E-state index >= 15 is 0 Å². The van der Waals surface area contributed by atoms with Crippen molar-refractivity contribution in [1.82, 2.24) is 9.78 Å². The number of nitrogens with one attached hydrogen (secondary N) is 1. The molecule has 0 bridgehead atoms. The number of halogens is 1. The van der Waals surface area contributed by atoms with Crippen LogP contribution in [0.15, 0.2) is 15.5 Å². The SMILES string of the molecule is C#CC(CCC)Nc1cnn(CCOC)c(=O)c1Br. The molecule has 6 heteroatoms. The van der Waals surface area contributed by atoms with Gasteiger partial charge in [-0.05, 0) is 22.4 Å². The summed E-state index contributed by atoms with van der Waals surface area (Å²) in [4.78, 5) is 12.0. The van der Waals surface area contributed by atoms with Crippen molar-refractivity contribution in [3.8, 4) is 12.3 Å². The van der Waals surface area contributed by atoms with Crippen molar-refractivity contribution < 1.29 is 4.74 Å². The number of methoxy groups -OCH3 is 1. The van der Waals surface area contributed by atoms with E-state index in [-0.39, 0.29) is 11.6 Å². The average Bonchev–Trinajstić information content (AvgIpc) is 2.42. The maximum absolute atomic E-state index is 12.0. The number of rotatable bonds is 7. The quantitative estimate of drug-likeness (QED) is 0.777. The average molecular weight is 328 g/mol. The molecule has 0 aliphatic rings. The Hall–Kier alpha value is -1.32. The minimum atomic E-state index is -0.200. The highest BCUT2D eigenvalue weighted by molar-refractivity contribution is 9.10. The van der Waals surface area contributed by atoms with Crippen LogP contribution in [-0.2, 0) is 11.3 Å². The minimum Gasteiger partial charge on any atom is -0.383 e. The minimum absolute atomic E-state index is 0.0997. The Morgan fingerprint density at radius 3 is 3.00 bits per heavy atom. The first kappa shape index (κ1) is 15.7. The molecule has 0 saturated carbocycles.